The highest BCUT2D eigenvalue weighted by Gasteiger charge is 2.60. The van der Waals surface area contributed by atoms with Gasteiger partial charge in [-0.2, -0.15) is 0 Å². The summed E-state index contributed by atoms with van der Waals surface area (Å²) in [7, 11) is 0. The summed E-state index contributed by atoms with van der Waals surface area (Å²) >= 11 is 0. The number of rotatable bonds is 3. The van der Waals surface area contributed by atoms with Gasteiger partial charge in [-0.3, -0.25) is 4.79 Å². The molecule has 1 amide bonds. The maximum Gasteiger partial charge on any atom is 0.249 e. The third-order valence-electron chi connectivity index (χ3n) is 5.06. The molecule has 5 heteroatoms. The maximum absolute atomic E-state index is 12.3. The summed E-state index contributed by atoms with van der Waals surface area (Å²) in [6, 6.07) is 0.216. The van der Waals surface area contributed by atoms with Gasteiger partial charge in [0, 0.05) is 30.5 Å². The van der Waals surface area contributed by atoms with Gasteiger partial charge in [0.25, 0.3) is 0 Å². The molecular formula is C14H24N2O3. The predicted octanol–water partition coefficient (Wildman–Crippen LogP) is 0.422. The van der Waals surface area contributed by atoms with Crippen LogP contribution < -0.4 is 11.1 Å². The Morgan fingerprint density at radius 1 is 1.37 bits per heavy atom. The number of nitrogens with one attached hydrogen (secondary N) is 1. The Bertz CT molecular complexity index is 372. The number of nitrogens with two attached hydrogens (primary N) is 1. The van der Waals surface area contributed by atoms with Gasteiger partial charge in [-0.15, -0.1) is 0 Å². The standard InChI is InChI=1S/C14H24N2O3/c1-14(2)11(9-5-6-18-12(9)14)16-13(17)10-4-3-8(7-15)19-10/h8-12H,3-7,15H2,1-2H3,(H,16,17)/t8-,9?,10+,11?,12?/m1/s1. The van der Waals surface area contributed by atoms with Crippen LogP contribution in [0, 0.1) is 11.3 Å². The topological polar surface area (TPSA) is 73.6 Å². The predicted molar refractivity (Wildman–Crippen MR) is 70.5 cm³/mol. The lowest BCUT2D eigenvalue weighted by atomic mass is 9.57. The van der Waals surface area contributed by atoms with E-state index in [1.54, 1.807) is 0 Å². The summed E-state index contributed by atoms with van der Waals surface area (Å²) < 4.78 is 11.4. The second kappa shape index (κ2) is 4.72. The van der Waals surface area contributed by atoms with E-state index in [2.05, 4.69) is 19.2 Å². The minimum atomic E-state index is -0.314. The molecule has 3 unspecified atom stereocenters. The van der Waals surface area contributed by atoms with Crippen molar-refractivity contribution in [3.63, 3.8) is 0 Å². The number of hydrogen-bond acceptors (Lipinski definition) is 4. The fourth-order valence-electron chi connectivity index (χ4n) is 3.94. The highest BCUT2D eigenvalue weighted by Crippen LogP contribution is 2.52. The average Bonchev–Trinajstić information content (AvgIpc) is 3.03. The summed E-state index contributed by atoms with van der Waals surface area (Å²) in [5.74, 6) is 0.505. The van der Waals surface area contributed by atoms with Crippen LogP contribution in [-0.4, -0.2) is 43.4 Å². The first-order valence-electron chi connectivity index (χ1n) is 7.31. The van der Waals surface area contributed by atoms with Crippen LogP contribution in [0.1, 0.15) is 33.1 Å². The van der Waals surface area contributed by atoms with Gasteiger partial charge in [-0.25, -0.2) is 0 Å². The molecule has 0 bridgehead atoms. The molecule has 0 radical (unpaired) electrons. The van der Waals surface area contributed by atoms with E-state index in [0.29, 0.717) is 18.6 Å². The van der Waals surface area contributed by atoms with E-state index in [4.69, 9.17) is 15.2 Å². The zero-order valence-corrected chi connectivity index (χ0v) is 11.7. The summed E-state index contributed by atoms with van der Waals surface area (Å²) in [6.45, 7) is 5.66. The first-order chi connectivity index (χ1) is 9.04. The summed E-state index contributed by atoms with van der Waals surface area (Å²) in [5.41, 5.74) is 5.61. The van der Waals surface area contributed by atoms with Gasteiger partial charge in [-0.05, 0) is 19.3 Å². The van der Waals surface area contributed by atoms with Crippen molar-refractivity contribution in [1.29, 1.82) is 0 Å². The number of hydrogen-bond donors (Lipinski definition) is 2. The fourth-order valence-corrected chi connectivity index (χ4v) is 3.94. The van der Waals surface area contributed by atoms with Crippen LogP contribution in [0.3, 0.4) is 0 Å². The minimum absolute atomic E-state index is 0.0272. The van der Waals surface area contributed by atoms with Crippen LogP contribution in [0.4, 0.5) is 0 Å². The molecule has 3 N–H and O–H groups in total. The smallest absolute Gasteiger partial charge is 0.249 e. The second-order valence-corrected chi connectivity index (χ2v) is 6.61. The largest absolute Gasteiger partial charge is 0.377 e. The molecule has 0 aromatic rings. The monoisotopic (exact) mass is 268 g/mol. The van der Waals surface area contributed by atoms with Gasteiger partial charge in [0.2, 0.25) is 5.91 Å². The molecule has 3 rings (SSSR count). The van der Waals surface area contributed by atoms with Gasteiger partial charge >= 0.3 is 0 Å². The van der Waals surface area contributed by atoms with E-state index >= 15 is 0 Å². The molecule has 3 aliphatic rings. The van der Waals surface area contributed by atoms with Crippen molar-refractivity contribution in [2.24, 2.45) is 17.1 Å². The average molecular weight is 268 g/mol. The van der Waals surface area contributed by atoms with Crippen LogP contribution in [0.15, 0.2) is 0 Å². The van der Waals surface area contributed by atoms with E-state index < -0.39 is 0 Å². The first-order valence-corrected chi connectivity index (χ1v) is 7.31. The van der Waals surface area contributed by atoms with E-state index in [1.165, 1.54) is 0 Å². The van der Waals surface area contributed by atoms with Gasteiger partial charge in [0.1, 0.15) is 6.10 Å². The molecule has 5 atom stereocenters. The number of carbonyl (C=O) groups excluding carboxylic acids is 1. The Labute approximate surface area is 114 Å². The van der Waals surface area contributed by atoms with E-state index in [1.807, 2.05) is 0 Å². The van der Waals surface area contributed by atoms with Crippen molar-refractivity contribution in [2.45, 2.75) is 57.5 Å². The molecule has 108 valence electrons. The highest BCUT2D eigenvalue weighted by molar-refractivity contribution is 5.81. The Morgan fingerprint density at radius 3 is 2.84 bits per heavy atom. The molecule has 1 saturated carbocycles. The van der Waals surface area contributed by atoms with Crippen molar-refractivity contribution in [3.8, 4) is 0 Å². The molecule has 3 fully saturated rings. The number of fused-ring (bicyclic) bond motifs is 1. The van der Waals surface area contributed by atoms with Crippen LogP contribution in [0.2, 0.25) is 0 Å². The van der Waals surface area contributed by atoms with Crippen LogP contribution in [0.5, 0.6) is 0 Å². The second-order valence-electron chi connectivity index (χ2n) is 6.61. The Morgan fingerprint density at radius 2 is 2.16 bits per heavy atom. The van der Waals surface area contributed by atoms with Gasteiger partial charge in [0.05, 0.1) is 12.2 Å². The third-order valence-corrected chi connectivity index (χ3v) is 5.06. The lowest BCUT2D eigenvalue weighted by molar-refractivity contribution is -0.146. The number of carbonyl (C=O) groups is 1. The normalized spacial score (nSPS) is 43.6. The first kappa shape index (κ1) is 13.3. The third kappa shape index (κ3) is 2.08. The molecule has 0 spiro atoms. The molecular weight excluding hydrogens is 244 g/mol. The molecule has 1 aliphatic carbocycles. The highest BCUT2D eigenvalue weighted by atomic mass is 16.5. The quantitative estimate of drug-likeness (QED) is 0.778. The number of amides is 1. The zero-order chi connectivity index (χ0) is 13.6. The Hall–Kier alpha value is -0.650. The molecule has 2 aliphatic heterocycles. The summed E-state index contributed by atoms with van der Waals surface area (Å²) in [6.07, 6.45) is 2.76. The van der Waals surface area contributed by atoms with Crippen LogP contribution >= 0.6 is 0 Å². The molecule has 2 heterocycles. The van der Waals surface area contributed by atoms with Gasteiger partial charge < -0.3 is 20.5 Å². The van der Waals surface area contributed by atoms with Crippen molar-refractivity contribution < 1.29 is 14.3 Å². The number of ether oxygens (including phenoxy) is 2. The lowest BCUT2D eigenvalue weighted by Crippen LogP contribution is -2.67. The fraction of sp³-hybridized carbons (Fsp3) is 0.929. The lowest BCUT2D eigenvalue weighted by Gasteiger charge is -2.54. The Kier molecular flexibility index (Phi) is 3.31. The Balaban J connectivity index is 1.58. The van der Waals surface area contributed by atoms with E-state index in [0.717, 1.165) is 25.9 Å². The zero-order valence-electron chi connectivity index (χ0n) is 11.7. The molecule has 0 aromatic heterocycles. The van der Waals surface area contributed by atoms with Crippen molar-refractivity contribution in [3.05, 3.63) is 0 Å². The molecule has 2 saturated heterocycles. The minimum Gasteiger partial charge on any atom is -0.377 e. The SMILES string of the molecule is CC1(C)C(NC(=O)[C@@H]2CC[C@H](CN)O2)C2CCOC21. The van der Waals surface area contributed by atoms with Gasteiger partial charge in [-0.1, -0.05) is 13.8 Å². The summed E-state index contributed by atoms with van der Waals surface area (Å²) in [4.78, 5) is 12.3. The molecule has 0 aromatic carbocycles. The summed E-state index contributed by atoms with van der Waals surface area (Å²) in [5, 5.41) is 3.18. The maximum atomic E-state index is 12.3. The van der Waals surface area contributed by atoms with Crippen molar-refractivity contribution in [2.75, 3.05) is 13.2 Å². The van der Waals surface area contributed by atoms with Crippen molar-refractivity contribution in [1.82, 2.24) is 5.32 Å². The van der Waals surface area contributed by atoms with Crippen LogP contribution in [-0.2, 0) is 14.3 Å². The van der Waals surface area contributed by atoms with Crippen molar-refractivity contribution >= 4 is 5.91 Å². The van der Waals surface area contributed by atoms with Gasteiger partial charge in [0.15, 0.2) is 0 Å². The molecule has 5 nitrogen and oxygen atoms in total. The molecule has 19 heavy (non-hydrogen) atoms. The van der Waals surface area contributed by atoms with Crippen LogP contribution in [0.25, 0.3) is 0 Å². The van der Waals surface area contributed by atoms with E-state index in [9.17, 15) is 4.79 Å². The van der Waals surface area contributed by atoms with E-state index in [-0.39, 0.29) is 29.6 Å².